The maximum Gasteiger partial charge on any atom is 0.306 e. The summed E-state index contributed by atoms with van der Waals surface area (Å²) in [5.41, 5.74) is 0. The molecule has 73 heavy (non-hydrogen) atoms. The maximum atomic E-state index is 12.7. The number of carbonyl (C=O) groups excluding carboxylic acids is 2. The van der Waals surface area contributed by atoms with E-state index in [1.165, 1.54) is 244 Å². The van der Waals surface area contributed by atoms with Gasteiger partial charge in [0.25, 0.3) is 7.82 Å². The Morgan fingerprint density at radius 1 is 0.425 bits per heavy atom. The summed E-state index contributed by atoms with van der Waals surface area (Å²) >= 11 is 0. The summed E-state index contributed by atoms with van der Waals surface area (Å²) in [5, 5.41) is 0. The predicted octanol–water partition coefficient (Wildman–Crippen LogP) is 19.1. The molecule has 0 saturated heterocycles. The second kappa shape index (κ2) is 55.3. The van der Waals surface area contributed by atoms with Crippen molar-refractivity contribution in [1.29, 1.82) is 0 Å². The Kier molecular flexibility index (Phi) is 54.1. The molecule has 0 bridgehead atoms. The molecule has 0 heterocycles. The van der Waals surface area contributed by atoms with Crippen molar-refractivity contribution in [2.75, 3.05) is 47.5 Å². The van der Waals surface area contributed by atoms with Crippen LogP contribution in [0.25, 0.3) is 0 Å². The number of likely N-dealkylation sites (N-methyl/N-ethyl adjacent to an activating group) is 1. The van der Waals surface area contributed by atoms with E-state index in [-0.39, 0.29) is 32.0 Å². The van der Waals surface area contributed by atoms with Crippen LogP contribution in [0.3, 0.4) is 0 Å². The molecule has 0 N–H and O–H groups in total. The number of hydrogen-bond donors (Lipinski definition) is 0. The fourth-order valence-electron chi connectivity index (χ4n) is 9.34. The minimum absolute atomic E-state index is 0.0268. The molecule has 2 unspecified atom stereocenters. The SMILES string of the molecule is CCCCCCC/C=C\C/C=C\CCCCCCCCCCCCCCCCCCCCCCCCCCCCCCCC(=O)OC(COC(=O)CCCCCCCCCC)COP(=O)([O-])OCC[N+](C)(C)C. The fourth-order valence-corrected chi connectivity index (χ4v) is 10.1. The Bertz CT molecular complexity index is 1280. The number of nitrogens with zero attached hydrogens (tertiary/aromatic N) is 1. The molecular weight excluding hydrogens is 930 g/mol. The number of rotatable bonds is 59. The largest absolute Gasteiger partial charge is 0.756 e. The lowest BCUT2D eigenvalue weighted by molar-refractivity contribution is -0.870. The lowest BCUT2D eigenvalue weighted by atomic mass is 10.0. The lowest BCUT2D eigenvalue weighted by Gasteiger charge is -2.28. The fraction of sp³-hybridized carbons (Fsp3) is 0.905. The smallest absolute Gasteiger partial charge is 0.306 e. The second-order valence-electron chi connectivity index (χ2n) is 22.8. The minimum atomic E-state index is -4.62. The molecule has 0 radical (unpaired) electrons. The van der Waals surface area contributed by atoms with Gasteiger partial charge < -0.3 is 27.9 Å². The molecule has 0 amide bonds. The molecule has 0 rings (SSSR count). The average molecular weight is 1050 g/mol. The molecule has 0 aromatic heterocycles. The monoisotopic (exact) mass is 1050 g/mol. The molecule has 0 saturated carbocycles. The number of hydrogen-bond acceptors (Lipinski definition) is 8. The molecule has 0 aliphatic heterocycles. The zero-order chi connectivity index (χ0) is 53.5. The lowest BCUT2D eigenvalue weighted by Crippen LogP contribution is -2.37. The Hall–Kier alpha value is -1.51. The standard InChI is InChI=1S/C63H122NO8P/c1-6-8-10-12-14-16-17-18-19-20-21-22-23-24-25-26-27-28-29-30-31-32-33-34-35-36-37-38-39-40-41-42-43-44-45-46-47-48-50-52-54-56-63(66)72-61(60-71-73(67,68)70-58-57-64(3,4)5)59-69-62(65)55-53-51-49-15-13-11-9-7-2/h17-18,20-21,61H,6-16,19,22-60H2,1-5H3/b18-17-,21-20-. The van der Waals surface area contributed by atoms with Gasteiger partial charge in [0.2, 0.25) is 0 Å². The van der Waals surface area contributed by atoms with E-state index >= 15 is 0 Å². The molecule has 0 aromatic carbocycles. The molecule has 0 aromatic rings. The third-order valence-electron chi connectivity index (χ3n) is 14.2. The molecule has 0 aliphatic rings. The van der Waals surface area contributed by atoms with Crippen LogP contribution in [0.5, 0.6) is 0 Å². The van der Waals surface area contributed by atoms with E-state index < -0.39 is 26.5 Å². The molecule has 432 valence electrons. The van der Waals surface area contributed by atoms with Crippen LogP contribution < -0.4 is 4.89 Å². The number of unbranched alkanes of at least 4 members (excludes halogenated alkanes) is 41. The number of carbonyl (C=O) groups is 2. The molecule has 10 heteroatoms. The van der Waals surface area contributed by atoms with E-state index in [1.807, 2.05) is 21.1 Å². The van der Waals surface area contributed by atoms with Crippen molar-refractivity contribution in [2.24, 2.45) is 0 Å². The number of esters is 2. The van der Waals surface area contributed by atoms with Gasteiger partial charge in [-0.15, -0.1) is 0 Å². The van der Waals surface area contributed by atoms with E-state index in [0.717, 1.165) is 38.5 Å². The number of quaternary nitrogens is 1. The van der Waals surface area contributed by atoms with Gasteiger partial charge in [-0.3, -0.25) is 14.2 Å². The highest BCUT2D eigenvalue weighted by molar-refractivity contribution is 7.45. The van der Waals surface area contributed by atoms with Crippen LogP contribution in [0.1, 0.15) is 316 Å². The molecule has 0 spiro atoms. The maximum absolute atomic E-state index is 12.7. The Balaban J connectivity index is 3.73. The van der Waals surface area contributed by atoms with Crippen molar-refractivity contribution in [2.45, 2.75) is 322 Å². The Morgan fingerprint density at radius 2 is 0.740 bits per heavy atom. The first kappa shape index (κ1) is 71.5. The zero-order valence-electron chi connectivity index (χ0n) is 49.1. The van der Waals surface area contributed by atoms with Crippen LogP contribution in [-0.4, -0.2) is 70.0 Å². The van der Waals surface area contributed by atoms with Crippen LogP contribution in [0.4, 0.5) is 0 Å². The van der Waals surface area contributed by atoms with Crippen LogP contribution in [0.15, 0.2) is 24.3 Å². The number of phosphoric ester groups is 1. The first-order valence-corrected chi connectivity index (χ1v) is 33.0. The molecule has 0 fully saturated rings. The number of ether oxygens (including phenoxy) is 2. The van der Waals surface area contributed by atoms with E-state index in [9.17, 15) is 19.0 Å². The van der Waals surface area contributed by atoms with Gasteiger partial charge in [0.1, 0.15) is 19.8 Å². The summed E-state index contributed by atoms with van der Waals surface area (Å²) in [6, 6.07) is 0. The van der Waals surface area contributed by atoms with Crippen molar-refractivity contribution in [3.63, 3.8) is 0 Å². The van der Waals surface area contributed by atoms with Gasteiger partial charge in [-0.2, -0.15) is 0 Å². The van der Waals surface area contributed by atoms with Crippen molar-refractivity contribution < 1.29 is 42.1 Å². The first-order valence-electron chi connectivity index (χ1n) is 31.5. The highest BCUT2D eigenvalue weighted by atomic mass is 31.2. The van der Waals surface area contributed by atoms with Crippen LogP contribution in [-0.2, 0) is 32.7 Å². The molecular formula is C63H122NO8P. The van der Waals surface area contributed by atoms with Crippen molar-refractivity contribution >= 4 is 19.8 Å². The normalized spacial score (nSPS) is 13.3. The molecule has 2 atom stereocenters. The van der Waals surface area contributed by atoms with Gasteiger partial charge in [0, 0.05) is 12.8 Å². The van der Waals surface area contributed by atoms with E-state index in [4.69, 9.17) is 18.5 Å². The van der Waals surface area contributed by atoms with Gasteiger partial charge in [0.15, 0.2) is 6.10 Å². The quantitative estimate of drug-likeness (QED) is 0.0195. The summed E-state index contributed by atoms with van der Waals surface area (Å²) in [6.07, 6.45) is 67.3. The second-order valence-corrected chi connectivity index (χ2v) is 24.2. The number of phosphoric acid groups is 1. The summed E-state index contributed by atoms with van der Waals surface area (Å²) in [4.78, 5) is 37.6. The summed E-state index contributed by atoms with van der Waals surface area (Å²) in [5.74, 6) is -0.822. The highest BCUT2D eigenvalue weighted by Crippen LogP contribution is 2.38. The average Bonchev–Trinajstić information content (AvgIpc) is 3.35. The zero-order valence-corrected chi connectivity index (χ0v) is 50.0. The summed E-state index contributed by atoms with van der Waals surface area (Å²) in [6.45, 7) is 4.23. The van der Waals surface area contributed by atoms with E-state index in [2.05, 4.69) is 38.2 Å². The predicted molar refractivity (Wildman–Crippen MR) is 310 cm³/mol. The van der Waals surface area contributed by atoms with E-state index in [1.54, 1.807) is 0 Å². The summed E-state index contributed by atoms with van der Waals surface area (Å²) < 4.78 is 34.0. The Labute approximate surface area is 453 Å². The first-order chi connectivity index (χ1) is 35.5. The third kappa shape index (κ3) is 59.6. The van der Waals surface area contributed by atoms with E-state index in [0.29, 0.717) is 17.4 Å². The van der Waals surface area contributed by atoms with Crippen molar-refractivity contribution in [1.82, 2.24) is 0 Å². The molecule has 0 aliphatic carbocycles. The van der Waals surface area contributed by atoms with Gasteiger partial charge >= 0.3 is 11.9 Å². The van der Waals surface area contributed by atoms with Crippen LogP contribution in [0.2, 0.25) is 0 Å². The van der Waals surface area contributed by atoms with Gasteiger partial charge in [0.05, 0.1) is 27.7 Å². The van der Waals surface area contributed by atoms with Crippen molar-refractivity contribution in [3.05, 3.63) is 24.3 Å². The minimum Gasteiger partial charge on any atom is -0.756 e. The van der Waals surface area contributed by atoms with Gasteiger partial charge in [-0.25, -0.2) is 0 Å². The highest BCUT2D eigenvalue weighted by Gasteiger charge is 2.22. The topological polar surface area (TPSA) is 111 Å². The van der Waals surface area contributed by atoms with Crippen molar-refractivity contribution in [3.8, 4) is 0 Å². The van der Waals surface area contributed by atoms with Gasteiger partial charge in [-0.05, 0) is 44.9 Å². The molecule has 9 nitrogen and oxygen atoms in total. The van der Waals surface area contributed by atoms with Crippen LogP contribution in [0, 0.1) is 0 Å². The Morgan fingerprint density at radius 3 is 1.08 bits per heavy atom. The van der Waals surface area contributed by atoms with Gasteiger partial charge in [-0.1, -0.05) is 282 Å². The number of allylic oxidation sites excluding steroid dienone is 4. The summed E-state index contributed by atoms with van der Waals surface area (Å²) in [7, 11) is 1.18. The third-order valence-corrected chi connectivity index (χ3v) is 15.2. The van der Waals surface area contributed by atoms with Crippen LogP contribution >= 0.6 is 7.82 Å².